The molecule has 0 unspecified atom stereocenters. The minimum Gasteiger partial charge on any atom is -0.365 e. The van der Waals surface area contributed by atoms with Gasteiger partial charge in [-0.25, -0.2) is 19.9 Å². The molecule has 3 N–H and O–H groups in total. The number of anilines is 2. The number of H-pyrrole nitrogens is 1. The van der Waals surface area contributed by atoms with E-state index in [0.717, 1.165) is 37.6 Å². The molecule has 22 heteroatoms. The molecule has 0 aliphatic carbocycles. The van der Waals surface area contributed by atoms with Crippen LogP contribution in [0.5, 0.6) is 0 Å². The van der Waals surface area contributed by atoms with Crippen molar-refractivity contribution < 1.29 is 4.92 Å². The van der Waals surface area contributed by atoms with Gasteiger partial charge in [0.2, 0.25) is 5.82 Å². The molecular formula is C31H20Cl5N13O2S2. The van der Waals surface area contributed by atoms with E-state index in [4.69, 9.17) is 58.0 Å². The maximum Gasteiger partial charge on any atom is 0.326 e. The number of aryl methyl sites for hydroxylation is 1. The molecule has 0 saturated heterocycles. The van der Waals surface area contributed by atoms with Crippen molar-refractivity contribution in [2.45, 2.75) is 20.0 Å². The van der Waals surface area contributed by atoms with E-state index in [1.807, 2.05) is 25.1 Å². The van der Waals surface area contributed by atoms with Gasteiger partial charge in [0.15, 0.2) is 5.82 Å². The van der Waals surface area contributed by atoms with Crippen molar-refractivity contribution in [3.8, 4) is 17.6 Å². The zero-order valence-electron chi connectivity index (χ0n) is 26.7. The van der Waals surface area contributed by atoms with Crippen molar-refractivity contribution in [3.63, 3.8) is 0 Å². The van der Waals surface area contributed by atoms with Crippen LogP contribution < -0.4 is 10.6 Å². The maximum absolute atomic E-state index is 11.1. The highest BCUT2D eigenvalue weighted by Gasteiger charge is 2.20. The molecule has 15 nitrogen and oxygen atoms in total. The topological polar surface area (TPSA) is 191 Å². The SMILES string of the molecule is Cc1sc2nc(-c3ncn[nH]3)nc(NCc3ccc(Cl)c(Cl)c3)c2c1Cl.O=[N+]([O-])c1cc2c(NCc3ccc(Cl)c(Cl)c3)nc(-n3cncn3)nc2s1. The quantitative estimate of drug-likeness (QED) is 0.0923. The molecule has 268 valence electrons. The number of aromatic nitrogens is 10. The molecule has 2 aromatic carbocycles. The number of nitrogens with one attached hydrogen (secondary N) is 3. The van der Waals surface area contributed by atoms with Gasteiger partial charge in [-0.3, -0.25) is 15.2 Å². The van der Waals surface area contributed by atoms with E-state index in [1.165, 1.54) is 41.1 Å². The van der Waals surface area contributed by atoms with E-state index in [1.54, 1.807) is 18.2 Å². The highest BCUT2D eigenvalue weighted by molar-refractivity contribution is 7.21. The number of fused-ring (bicyclic) bond motifs is 2. The average molecular weight is 848 g/mol. The highest BCUT2D eigenvalue weighted by atomic mass is 35.5. The first kappa shape index (κ1) is 36.6. The lowest BCUT2D eigenvalue weighted by Crippen LogP contribution is -2.07. The van der Waals surface area contributed by atoms with Crippen LogP contribution in [0.1, 0.15) is 16.0 Å². The van der Waals surface area contributed by atoms with E-state index in [0.29, 0.717) is 71.7 Å². The van der Waals surface area contributed by atoms with Crippen molar-refractivity contribution in [1.29, 1.82) is 0 Å². The first-order valence-electron chi connectivity index (χ1n) is 15.0. The van der Waals surface area contributed by atoms with Gasteiger partial charge in [0.05, 0.1) is 40.8 Å². The van der Waals surface area contributed by atoms with E-state index < -0.39 is 4.92 Å². The molecule has 8 rings (SSSR count). The van der Waals surface area contributed by atoms with Gasteiger partial charge in [-0.05, 0) is 53.7 Å². The summed E-state index contributed by atoms with van der Waals surface area (Å²) in [5.74, 6) is 2.27. The fourth-order valence-electron chi connectivity index (χ4n) is 4.83. The Labute approximate surface area is 331 Å². The second-order valence-electron chi connectivity index (χ2n) is 10.9. The molecule has 0 saturated carbocycles. The molecule has 0 aliphatic rings. The molecule has 8 aromatic rings. The number of benzene rings is 2. The van der Waals surface area contributed by atoms with Crippen LogP contribution in [-0.2, 0) is 13.1 Å². The molecule has 53 heavy (non-hydrogen) atoms. The lowest BCUT2D eigenvalue weighted by molar-refractivity contribution is -0.380. The van der Waals surface area contributed by atoms with Gasteiger partial charge in [-0.2, -0.15) is 24.8 Å². The smallest absolute Gasteiger partial charge is 0.326 e. The van der Waals surface area contributed by atoms with Crippen molar-refractivity contribution in [2.75, 3.05) is 10.6 Å². The summed E-state index contributed by atoms with van der Waals surface area (Å²) in [6.07, 6.45) is 4.22. The summed E-state index contributed by atoms with van der Waals surface area (Å²) in [7, 11) is 0. The molecule has 0 radical (unpaired) electrons. The Kier molecular flexibility index (Phi) is 10.8. The maximum atomic E-state index is 11.1. The number of aromatic amines is 1. The first-order chi connectivity index (χ1) is 25.5. The summed E-state index contributed by atoms with van der Waals surface area (Å²) in [6, 6.07) is 12.2. The van der Waals surface area contributed by atoms with Gasteiger partial charge in [0.25, 0.3) is 5.95 Å². The number of thiophene rings is 2. The normalized spacial score (nSPS) is 11.1. The van der Waals surface area contributed by atoms with Crippen molar-refractivity contribution in [1.82, 2.24) is 49.9 Å². The lowest BCUT2D eigenvalue weighted by atomic mass is 10.2. The number of hydrogen-bond donors (Lipinski definition) is 3. The second-order valence-corrected chi connectivity index (χ2v) is 15.1. The van der Waals surface area contributed by atoms with E-state index in [9.17, 15) is 10.1 Å². The minimum absolute atomic E-state index is 0.0207. The molecule has 6 aromatic heterocycles. The average Bonchev–Trinajstić information content (AvgIpc) is 3.97. The Hall–Kier alpha value is -4.75. The van der Waals surface area contributed by atoms with Crippen molar-refractivity contribution in [2.24, 2.45) is 0 Å². The number of nitro groups is 1. The Balaban J connectivity index is 0.000000164. The number of hydrogen-bond acceptors (Lipinski definition) is 14. The van der Waals surface area contributed by atoms with Crippen LogP contribution in [0.3, 0.4) is 0 Å². The number of nitrogens with zero attached hydrogens (tertiary/aromatic N) is 10. The fraction of sp³-hybridized carbons (Fsp3) is 0.0968. The van der Waals surface area contributed by atoms with E-state index in [2.05, 4.69) is 55.8 Å². The number of halogens is 5. The predicted octanol–water partition coefficient (Wildman–Crippen LogP) is 9.46. The zero-order valence-corrected chi connectivity index (χ0v) is 32.1. The van der Waals surface area contributed by atoms with Crippen molar-refractivity contribution in [3.05, 3.63) is 113 Å². The predicted molar refractivity (Wildman–Crippen MR) is 209 cm³/mol. The Morgan fingerprint density at radius 2 is 1.53 bits per heavy atom. The first-order valence-corrected chi connectivity index (χ1v) is 18.5. The summed E-state index contributed by atoms with van der Waals surface area (Å²) >= 11 is 33.0. The van der Waals surface area contributed by atoms with Crippen LogP contribution in [0.15, 0.2) is 61.4 Å². The zero-order chi connectivity index (χ0) is 37.2. The van der Waals surface area contributed by atoms with Gasteiger partial charge in [-0.1, -0.05) is 70.1 Å². The van der Waals surface area contributed by atoms with E-state index >= 15 is 0 Å². The van der Waals surface area contributed by atoms with Crippen LogP contribution in [0.4, 0.5) is 16.6 Å². The molecule has 0 atom stereocenters. The molecule has 0 spiro atoms. The molecular weight excluding hydrogens is 828 g/mol. The molecule has 0 amide bonds. The van der Waals surface area contributed by atoms with Gasteiger partial charge < -0.3 is 10.6 Å². The van der Waals surface area contributed by atoms with Crippen LogP contribution in [-0.4, -0.2) is 54.8 Å². The Morgan fingerprint density at radius 1 is 0.830 bits per heavy atom. The van der Waals surface area contributed by atoms with Gasteiger partial charge >= 0.3 is 5.00 Å². The largest absolute Gasteiger partial charge is 0.365 e. The standard InChI is InChI=1S/C16H11Cl3N6S.C15H9Cl2N7O2S/c1-7-12(19)11-13(20-5-8-2-3-9(17)10(18)4-8)23-15(24-16(11)26-7)14-21-6-22-25-14;16-10-2-1-8(3-11(10)17)5-19-13-9-4-12(24(25)26)27-14(9)22-15(21-13)23-7-18-6-20-23/h2-4,6H,5H2,1H3,(H,20,23,24)(H,21,22,25);1-4,6-7H,5H2,(H,19,21,22). The third-order valence-electron chi connectivity index (χ3n) is 7.34. The van der Waals surface area contributed by atoms with Gasteiger partial charge in [0, 0.05) is 24.0 Å². The van der Waals surface area contributed by atoms with Crippen LogP contribution >= 0.6 is 80.7 Å². The monoisotopic (exact) mass is 845 g/mol. The molecule has 0 bridgehead atoms. The summed E-state index contributed by atoms with van der Waals surface area (Å²) < 4.78 is 1.38. The third kappa shape index (κ3) is 8.11. The van der Waals surface area contributed by atoms with Gasteiger partial charge in [0.1, 0.15) is 40.3 Å². The third-order valence-corrected chi connectivity index (χ3v) is 11.4. The Bertz CT molecular complexity index is 2600. The minimum atomic E-state index is -0.454. The van der Waals surface area contributed by atoms with E-state index in [-0.39, 0.29) is 10.9 Å². The van der Waals surface area contributed by atoms with Crippen LogP contribution in [0, 0.1) is 17.0 Å². The van der Waals surface area contributed by atoms with Crippen LogP contribution in [0.25, 0.3) is 38.0 Å². The summed E-state index contributed by atoms with van der Waals surface area (Å²) in [6.45, 7) is 2.85. The molecule has 0 fully saturated rings. The fourth-order valence-corrected chi connectivity index (χ4v) is 7.58. The number of rotatable bonds is 9. The summed E-state index contributed by atoms with van der Waals surface area (Å²) in [5, 5.41) is 32.2. The van der Waals surface area contributed by atoms with Crippen LogP contribution in [0.2, 0.25) is 25.1 Å². The van der Waals surface area contributed by atoms with Crippen molar-refractivity contribution >= 4 is 118 Å². The lowest BCUT2D eigenvalue weighted by Gasteiger charge is -2.09. The Morgan fingerprint density at radius 3 is 2.13 bits per heavy atom. The van der Waals surface area contributed by atoms with Gasteiger partial charge in [-0.15, -0.1) is 11.3 Å². The molecule has 0 aliphatic heterocycles. The summed E-state index contributed by atoms with van der Waals surface area (Å²) in [5.41, 5.74) is 1.85. The highest BCUT2D eigenvalue weighted by Crippen LogP contribution is 2.39. The summed E-state index contributed by atoms with van der Waals surface area (Å²) in [4.78, 5) is 38.8. The molecule has 6 heterocycles. The second kappa shape index (κ2) is 15.7.